The number of ether oxygens (including phenoxy) is 1. The zero-order valence-electron chi connectivity index (χ0n) is 19.2. The van der Waals surface area contributed by atoms with Crippen molar-refractivity contribution in [2.45, 2.75) is 46.1 Å². The van der Waals surface area contributed by atoms with E-state index in [1.807, 2.05) is 36.6 Å². The summed E-state index contributed by atoms with van der Waals surface area (Å²) in [5.74, 6) is 2.53. The fourth-order valence-electron chi connectivity index (χ4n) is 4.04. The van der Waals surface area contributed by atoms with Crippen molar-refractivity contribution in [2.75, 3.05) is 13.7 Å². The van der Waals surface area contributed by atoms with Crippen LogP contribution < -0.4 is 10.1 Å². The summed E-state index contributed by atoms with van der Waals surface area (Å²) in [5, 5.41) is 11.6. The third-order valence-corrected chi connectivity index (χ3v) is 5.74. The molecular formula is C25H29N5O2. The van der Waals surface area contributed by atoms with Gasteiger partial charge in [-0.15, -0.1) is 10.2 Å². The van der Waals surface area contributed by atoms with Crippen LogP contribution in [0.5, 0.6) is 5.75 Å². The van der Waals surface area contributed by atoms with Gasteiger partial charge in [0.25, 0.3) is 0 Å². The maximum atomic E-state index is 12.5. The van der Waals surface area contributed by atoms with E-state index in [4.69, 9.17) is 9.73 Å². The van der Waals surface area contributed by atoms with Crippen LogP contribution in [-0.2, 0) is 4.79 Å². The van der Waals surface area contributed by atoms with Crippen LogP contribution in [0.15, 0.2) is 47.5 Å². The summed E-state index contributed by atoms with van der Waals surface area (Å²) in [5.41, 5.74) is 4.91. The number of nitrogens with one attached hydrogen (secondary N) is 1. The van der Waals surface area contributed by atoms with Crippen LogP contribution in [0.4, 0.5) is 0 Å². The van der Waals surface area contributed by atoms with Gasteiger partial charge in [-0.3, -0.25) is 14.4 Å². The largest absolute Gasteiger partial charge is 0.497 e. The number of hydrogen-bond donors (Lipinski definition) is 1. The molecule has 4 rings (SSSR count). The zero-order valence-corrected chi connectivity index (χ0v) is 19.2. The molecule has 32 heavy (non-hydrogen) atoms. The maximum Gasteiger partial charge on any atom is 0.222 e. The Kier molecular flexibility index (Phi) is 6.08. The van der Waals surface area contributed by atoms with Gasteiger partial charge in [-0.1, -0.05) is 38.1 Å². The van der Waals surface area contributed by atoms with Crippen molar-refractivity contribution in [2.24, 2.45) is 4.99 Å². The Hall–Kier alpha value is -3.48. The Bertz CT molecular complexity index is 1160. The molecule has 1 unspecified atom stereocenters. The molecule has 2 aromatic carbocycles. The standard InChI is InChI=1S/C25H29N5O2/c1-6-26-23(31)14-21-25-29-28-16(4)30(25)22-12-11-19(32-5)13-20(22)24(27-21)18-9-7-17(8-10-18)15(2)3/h7-13,15,21H,6,14H2,1-5H3,(H,26,31). The number of carbonyl (C=O) groups excluding carboxylic acids is 1. The molecule has 0 bridgehead atoms. The van der Waals surface area contributed by atoms with E-state index in [0.29, 0.717) is 18.3 Å². The molecule has 0 radical (unpaired) electrons. The second-order valence-electron chi connectivity index (χ2n) is 8.25. The van der Waals surface area contributed by atoms with Gasteiger partial charge in [-0.2, -0.15) is 0 Å². The van der Waals surface area contributed by atoms with Gasteiger partial charge >= 0.3 is 0 Å². The topological polar surface area (TPSA) is 81.4 Å². The molecule has 2 heterocycles. The summed E-state index contributed by atoms with van der Waals surface area (Å²) < 4.78 is 7.52. The van der Waals surface area contributed by atoms with Gasteiger partial charge in [0.05, 0.1) is 24.9 Å². The van der Waals surface area contributed by atoms with Gasteiger partial charge in [0, 0.05) is 17.7 Å². The predicted octanol–water partition coefficient (Wildman–Crippen LogP) is 4.13. The molecule has 166 valence electrons. The van der Waals surface area contributed by atoms with Gasteiger partial charge < -0.3 is 10.1 Å². The number of amides is 1. The lowest BCUT2D eigenvalue weighted by atomic mass is 9.96. The molecule has 1 N–H and O–H groups in total. The van der Waals surface area contributed by atoms with Gasteiger partial charge in [-0.05, 0) is 43.5 Å². The second kappa shape index (κ2) is 8.94. The highest BCUT2D eigenvalue weighted by Crippen LogP contribution is 2.34. The Morgan fingerprint density at radius 1 is 1.16 bits per heavy atom. The number of benzene rings is 2. The van der Waals surface area contributed by atoms with Crippen molar-refractivity contribution < 1.29 is 9.53 Å². The smallest absolute Gasteiger partial charge is 0.222 e. The minimum absolute atomic E-state index is 0.0634. The molecule has 1 aliphatic heterocycles. The lowest BCUT2D eigenvalue weighted by molar-refractivity contribution is -0.121. The van der Waals surface area contributed by atoms with Crippen LogP contribution in [0.2, 0.25) is 0 Å². The Labute approximate surface area is 188 Å². The Morgan fingerprint density at radius 3 is 2.56 bits per heavy atom. The van der Waals surface area contributed by atoms with Crippen molar-refractivity contribution in [1.29, 1.82) is 0 Å². The van der Waals surface area contributed by atoms with E-state index >= 15 is 0 Å². The van der Waals surface area contributed by atoms with Crippen LogP contribution in [-0.4, -0.2) is 40.0 Å². The molecule has 7 nitrogen and oxygen atoms in total. The summed E-state index contributed by atoms with van der Waals surface area (Å²) in [6.07, 6.45) is 0.199. The van der Waals surface area contributed by atoms with E-state index in [2.05, 4.69) is 53.6 Å². The molecular weight excluding hydrogens is 402 g/mol. The zero-order chi connectivity index (χ0) is 22.8. The number of carbonyl (C=O) groups is 1. The SMILES string of the molecule is CCNC(=O)CC1N=C(c2ccc(C(C)C)cc2)c2cc(OC)ccc2-n2c(C)nnc21. The summed E-state index contributed by atoms with van der Waals surface area (Å²) in [7, 11) is 1.65. The average Bonchev–Trinajstić information content (AvgIpc) is 3.11. The van der Waals surface area contributed by atoms with Crippen LogP contribution in [0.25, 0.3) is 5.69 Å². The molecule has 0 fully saturated rings. The monoisotopic (exact) mass is 431 g/mol. The highest BCUT2D eigenvalue weighted by Gasteiger charge is 2.29. The number of aromatic nitrogens is 3. The summed E-state index contributed by atoms with van der Waals surface area (Å²) in [4.78, 5) is 17.6. The summed E-state index contributed by atoms with van der Waals surface area (Å²) in [6, 6.07) is 13.9. The summed E-state index contributed by atoms with van der Waals surface area (Å²) in [6.45, 7) is 8.74. The van der Waals surface area contributed by atoms with E-state index in [9.17, 15) is 4.79 Å². The minimum Gasteiger partial charge on any atom is -0.497 e. The lowest BCUT2D eigenvalue weighted by Crippen LogP contribution is -2.25. The Balaban J connectivity index is 1.93. The Morgan fingerprint density at radius 2 is 1.91 bits per heavy atom. The van der Waals surface area contributed by atoms with Crippen LogP contribution in [0.1, 0.15) is 67.5 Å². The average molecular weight is 432 g/mol. The molecule has 0 aliphatic carbocycles. The van der Waals surface area contributed by atoms with E-state index in [1.165, 1.54) is 5.56 Å². The maximum absolute atomic E-state index is 12.5. The fourth-order valence-corrected chi connectivity index (χ4v) is 4.04. The molecule has 0 saturated heterocycles. The first kappa shape index (κ1) is 21.7. The summed E-state index contributed by atoms with van der Waals surface area (Å²) >= 11 is 0. The predicted molar refractivity (Wildman–Crippen MR) is 125 cm³/mol. The third-order valence-electron chi connectivity index (χ3n) is 5.74. The number of fused-ring (bicyclic) bond motifs is 3. The van der Waals surface area contributed by atoms with Gasteiger partial charge in [0.2, 0.25) is 5.91 Å². The van der Waals surface area contributed by atoms with E-state index in [1.54, 1.807) is 7.11 Å². The molecule has 0 saturated carbocycles. The van der Waals surface area contributed by atoms with Crippen LogP contribution >= 0.6 is 0 Å². The normalized spacial score (nSPS) is 14.9. The number of hydrogen-bond acceptors (Lipinski definition) is 5. The molecule has 1 amide bonds. The molecule has 1 atom stereocenters. The number of aliphatic imine (C=N–C) groups is 1. The quantitative estimate of drug-likeness (QED) is 0.636. The van der Waals surface area contributed by atoms with Gasteiger partial charge in [0.1, 0.15) is 17.6 Å². The van der Waals surface area contributed by atoms with Crippen molar-refractivity contribution in [3.8, 4) is 11.4 Å². The molecule has 0 spiro atoms. The van der Waals surface area contributed by atoms with Crippen molar-refractivity contribution in [3.63, 3.8) is 0 Å². The first-order chi connectivity index (χ1) is 15.4. The molecule has 3 aromatic rings. The third kappa shape index (κ3) is 4.02. The van der Waals surface area contributed by atoms with Crippen molar-refractivity contribution in [1.82, 2.24) is 20.1 Å². The van der Waals surface area contributed by atoms with E-state index < -0.39 is 6.04 Å². The van der Waals surface area contributed by atoms with Crippen LogP contribution in [0, 0.1) is 6.92 Å². The van der Waals surface area contributed by atoms with E-state index in [0.717, 1.165) is 34.1 Å². The van der Waals surface area contributed by atoms with E-state index in [-0.39, 0.29) is 12.3 Å². The second-order valence-corrected chi connectivity index (χ2v) is 8.25. The highest BCUT2D eigenvalue weighted by atomic mass is 16.5. The lowest BCUT2D eigenvalue weighted by Gasteiger charge is -2.14. The van der Waals surface area contributed by atoms with Crippen molar-refractivity contribution in [3.05, 3.63) is 70.8 Å². The fraction of sp³-hybridized carbons (Fsp3) is 0.360. The first-order valence-corrected chi connectivity index (χ1v) is 11.0. The number of rotatable bonds is 6. The van der Waals surface area contributed by atoms with Crippen molar-refractivity contribution >= 4 is 11.6 Å². The van der Waals surface area contributed by atoms with Gasteiger partial charge in [0.15, 0.2) is 5.82 Å². The highest BCUT2D eigenvalue weighted by molar-refractivity contribution is 6.15. The molecule has 1 aliphatic rings. The number of nitrogens with zero attached hydrogens (tertiary/aromatic N) is 4. The van der Waals surface area contributed by atoms with Gasteiger partial charge in [-0.25, -0.2) is 0 Å². The minimum atomic E-state index is -0.457. The molecule has 1 aromatic heterocycles. The first-order valence-electron chi connectivity index (χ1n) is 11.0. The molecule has 7 heteroatoms. The number of aryl methyl sites for hydroxylation is 1. The number of methoxy groups -OCH3 is 1. The van der Waals surface area contributed by atoms with Crippen LogP contribution in [0.3, 0.4) is 0 Å².